The van der Waals surface area contributed by atoms with Crippen LogP contribution in [0, 0.1) is 13.8 Å². The Bertz CT molecular complexity index is 1080. The second kappa shape index (κ2) is 7.59. The van der Waals surface area contributed by atoms with Gasteiger partial charge in [0.2, 0.25) is 0 Å². The first-order valence-electron chi connectivity index (χ1n) is 9.87. The Morgan fingerprint density at radius 3 is 2.48 bits per heavy atom. The molecule has 0 bridgehead atoms. The summed E-state index contributed by atoms with van der Waals surface area (Å²) in [5, 5.41) is 0. The van der Waals surface area contributed by atoms with Crippen LogP contribution in [0.3, 0.4) is 0 Å². The molecule has 29 heavy (non-hydrogen) atoms. The zero-order valence-corrected chi connectivity index (χ0v) is 16.9. The van der Waals surface area contributed by atoms with Crippen molar-refractivity contribution in [1.29, 1.82) is 0 Å². The van der Waals surface area contributed by atoms with Gasteiger partial charge < -0.3 is 14.2 Å². The van der Waals surface area contributed by atoms with E-state index in [2.05, 4.69) is 6.07 Å². The van der Waals surface area contributed by atoms with Gasteiger partial charge in [0.15, 0.2) is 0 Å². The second-order valence-corrected chi connectivity index (χ2v) is 7.22. The molecule has 0 radical (unpaired) electrons. The SMILES string of the molecule is CCOC(=O)c1cc(C)n(-c2ccc(C(=O)N3CCc4ccccc43)cc2)c1C. The predicted octanol–water partition coefficient (Wildman–Crippen LogP) is 4.47. The van der Waals surface area contributed by atoms with Crippen molar-refractivity contribution in [2.75, 3.05) is 18.1 Å². The molecule has 5 heteroatoms. The summed E-state index contributed by atoms with van der Waals surface area (Å²) in [6.07, 6.45) is 0.887. The number of aromatic nitrogens is 1. The van der Waals surface area contributed by atoms with E-state index in [4.69, 9.17) is 4.74 Å². The highest BCUT2D eigenvalue weighted by atomic mass is 16.5. The van der Waals surface area contributed by atoms with E-state index in [0.717, 1.165) is 29.2 Å². The van der Waals surface area contributed by atoms with Gasteiger partial charge in [0.05, 0.1) is 12.2 Å². The normalized spacial score (nSPS) is 12.7. The summed E-state index contributed by atoms with van der Waals surface area (Å²) in [4.78, 5) is 27.0. The van der Waals surface area contributed by atoms with Crippen molar-refractivity contribution >= 4 is 17.6 Å². The first-order valence-corrected chi connectivity index (χ1v) is 9.87. The highest BCUT2D eigenvalue weighted by Gasteiger charge is 2.25. The van der Waals surface area contributed by atoms with E-state index in [-0.39, 0.29) is 11.9 Å². The van der Waals surface area contributed by atoms with E-state index in [0.29, 0.717) is 24.3 Å². The number of esters is 1. The van der Waals surface area contributed by atoms with Crippen LogP contribution in [0.1, 0.15) is 44.6 Å². The molecule has 1 amide bonds. The summed E-state index contributed by atoms with van der Waals surface area (Å²) in [6, 6.07) is 17.4. The topological polar surface area (TPSA) is 51.5 Å². The summed E-state index contributed by atoms with van der Waals surface area (Å²) in [5.74, 6) is -0.305. The average Bonchev–Trinajstić information content (AvgIpc) is 3.28. The monoisotopic (exact) mass is 388 g/mol. The molecule has 0 N–H and O–H groups in total. The fourth-order valence-electron chi connectivity index (χ4n) is 4.03. The highest BCUT2D eigenvalue weighted by Crippen LogP contribution is 2.29. The van der Waals surface area contributed by atoms with Crippen LogP contribution in [-0.2, 0) is 11.2 Å². The van der Waals surface area contributed by atoms with Gasteiger partial charge in [-0.3, -0.25) is 4.79 Å². The Kier molecular flexibility index (Phi) is 4.97. The third-order valence-electron chi connectivity index (χ3n) is 5.43. The van der Waals surface area contributed by atoms with Crippen molar-refractivity contribution < 1.29 is 14.3 Å². The van der Waals surface area contributed by atoms with Crippen LogP contribution >= 0.6 is 0 Å². The van der Waals surface area contributed by atoms with E-state index < -0.39 is 0 Å². The molecular weight excluding hydrogens is 364 g/mol. The molecule has 1 aromatic heterocycles. The van der Waals surface area contributed by atoms with Crippen molar-refractivity contribution in [2.45, 2.75) is 27.2 Å². The van der Waals surface area contributed by atoms with Crippen molar-refractivity contribution in [3.05, 3.63) is 82.7 Å². The van der Waals surface area contributed by atoms with E-state index in [9.17, 15) is 9.59 Å². The van der Waals surface area contributed by atoms with Gasteiger partial charge in [-0.25, -0.2) is 4.79 Å². The molecule has 5 nitrogen and oxygen atoms in total. The molecule has 0 saturated carbocycles. The molecule has 0 aliphatic carbocycles. The molecule has 0 fully saturated rings. The zero-order valence-electron chi connectivity index (χ0n) is 16.9. The number of fused-ring (bicyclic) bond motifs is 1. The Morgan fingerprint density at radius 2 is 1.76 bits per heavy atom. The van der Waals surface area contributed by atoms with Crippen LogP contribution in [-0.4, -0.2) is 29.6 Å². The van der Waals surface area contributed by atoms with Crippen LogP contribution < -0.4 is 4.90 Å². The number of para-hydroxylation sites is 1. The molecule has 0 spiro atoms. The molecule has 3 aromatic rings. The summed E-state index contributed by atoms with van der Waals surface area (Å²) in [5.41, 5.74) is 6.11. The Hall–Kier alpha value is -3.34. The molecule has 2 heterocycles. The van der Waals surface area contributed by atoms with Gasteiger partial charge in [-0.2, -0.15) is 0 Å². The molecule has 1 aliphatic rings. The van der Waals surface area contributed by atoms with Crippen LogP contribution in [0.25, 0.3) is 5.69 Å². The fourth-order valence-corrected chi connectivity index (χ4v) is 4.03. The summed E-state index contributed by atoms with van der Waals surface area (Å²) in [6.45, 7) is 6.71. The number of hydrogen-bond donors (Lipinski definition) is 0. The van der Waals surface area contributed by atoms with Gasteiger partial charge in [0.1, 0.15) is 0 Å². The first-order chi connectivity index (χ1) is 14.0. The lowest BCUT2D eigenvalue weighted by Crippen LogP contribution is -2.28. The maximum atomic E-state index is 13.0. The highest BCUT2D eigenvalue weighted by molar-refractivity contribution is 6.07. The summed E-state index contributed by atoms with van der Waals surface area (Å²) < 4.78 is 7.15. The van der Waals surface area contributed by atoms with Gasteiger partial charge in [-0.15, -0.1) is 0 Å². The number of aryl methyl sites for hydroxylation is 1. The number of nitrogens with zero attached hydrogens (tertiary/aromatic N) is 2. The van der Waals surface area contributed by atoms with Gasteiger partial charge in [-0.1, -0.05) is 18.2 Å². The van der Waals surface area contributed by atoms with Crippen LogP contribution in [0.15, 0.2) is 54.6 Å². The number of carbonyl (C=O) groups is 2. The lowest BCUT2D eigenvalue weighted by atomic mass is 10.1. The van der Waals surface area contributed by atoms with Gasteiger partial charge >= 0.3 is 5.97 Å². The van der Waals surface area contributed by atoms with Crippen molar-refractivity contribution in [1.82, 2.24) is 4.57 Å². The molecule has 4 rings (SSSR count). The van der Waals surface area contributed by atoms with Crippen LogP contribution in [0.2, 0.25) is 0 Å². The van der Waals surface area contributed by atoms with Crippen LogP contribution in [0.5, 0.6) is 0 Å². The van der Waals surface area contributed by atoms with Crippen molar-refractivity contribution in [2.24, 2.45) is 0 Å². The Balaban J connectivity index is 1.61. The van der Waals surface area contributed by atoms with Gasteiger partial charge in [-0.05, 0) is 69.2 Å². The minimum absolute atomic E-state index is 0.00895. The molecule has 0 unspecified atom stereocenters. The third-order valence-corrected chi connectivity index (χ3v) is 5.43. The molecule has 2 aromatic carbocycles. The standard InChI is InChI=1S/C24H24N2O3/c1-4-29-24(28)21-15-16(2)26(17(21)3)20-11-9-19(10-12-20)23(27)25-14-13-18-7-5-6-8-22(18)25/h5-12,15H,4,13-14H2,1-3H3. The smallest absolute Gasteiger partial charge is 0.339 e. The van der Waals surface area contributed by atoms with Crippen molar-refractivity contribution in [3.8, 4) is 5.69 Å². The third kappa shape index (κ3) is 3.33. The first kappa shape index (κ1) is 19.0. The number of carbonyl (C=O) groups excluding carboxylic acids is 2. The zero-order chi connectivity index (χ0) is 20.5. The molecule has 1 aliphatic heterocycles. The Labute approximate surface area is 170 Å². The summed E-state index contributed by atoms with van der Waals surface area (Å²) >= 11 is 0. The molecule has 148 valence electrons. The van der Waals surface area contributed by atoms with Gasteiger partial charge in [0.25, 0.3) is 5.91 Å². The molecular formula is C24H24N2O3. The largest absolute Gasteiger partial charge is 0.462 e. The predicted molar refractivity (Wildman–Crippen MR) is 113 cm³/mol. The van der Waals surface area contributed by atoms with E-state index >= 15 is 0 Å². The number of rotatable bonds is 4. The summed E-state index contributed by atoms with van der Waals surface area (Å²) in [7, 11) is 0. The molecule has 0 atom stereocenters. The second-order valence-electron chi connectivity index (χ2n) is 7.22. The number of amides is 1. The lowest BCUT2D eigenvalue weighted by Gasteiger charge is -2.18. The quantitative estimate of drug-likeness (QED) is 0.620. The molecule has 0 saturated heterocycles. The van der Waals surface area contributed by atoms with Gasteiger partial charge in [0, 0.05) is 34.9 Å². The maximum absolute atomic E-state index is 13.0. The number of hydrogen-bond acceptors (Lipinski definition) is 3. The number of benzene rings is 2. The van der Waals surface area contributed by atoms with Crippen molar-refractivity contribution in [3.63, 3.8) is 0 Å². The minimum Gasteiger partial charge on any atom is -0.462 e. The fraction of sp³-hybridized carbons (Fsp3) is 0.250. The average molecular weight is 388 g/mol. The van der Waals surface area contributed by atoms with Crippen LogP contribution in [0.4, 0.5) is 5.69 Å². The van der Waals surface area contributed by atoms with E-state index in [1.54, 1.807) is 6.92 Å². The van der Waals surface area contributed by atoms with E-state index in [1.807, 2.05) is 71.8 Å². The van der Waals surface area contributed by atoms with E-state index in [1.165, 1.54) is 5.56 Å². The maximum Gasteiger partial charge on any atom is 0.339 e. The Morgan fingerprint density at radius 1 is 1.03 bits per heavy atom. The number of anilines is 1. The number of ether oxygens (including phenoxy) is 1. The lowest BCUT2D eigenvalue weighted by molar-refractivity contribution is 0.0525. The minimum atomic E-state index is -0.314.